The van der Waals surface area contributed by atoms with Crippen molar-refractivity contribution < 1.29 is 14.0 Å². The molecule has 3 N–H and O–H groups in total. The average molecular weight is 505 g/mol. The molecule has 1 amide bonds. The number of fused-ring (bicyclic) bond motifs is 1. The molecule has 2 atom stereocenters. The van der Waals surface area contributed by atoms with Crippen molar-refractivity contribution in [2.45, 2.75) is 18.9 Å². The van der Waals surface area contributed by atoms with Crippen molar-refractivity contribution in [3.05, 3.63) is 70.4 Å². The predicted octanol–water partition coefficient (Wildman–Crippen LogP) is 3.26. The van der Waals surface area contributed by atoms with E-state index in [0.717, 1.165) is 18.7 Å². The van der Waals surface area contributed by atoms with Gasteiger partial charge in [-0.25, -0.2) is 4.99 Å². The van der Waals surface area contributed by atoms with E-state index in [0.29, 0.717) is 52.9 Å². The number of oxazole rings is 1. The van der Waals surface area contributed by atoms with Gasteiger partial charge in [-0.05, 0) is 23.8 Å². The second-order valence-electron chi connectivity index (χ2n) is 9.13. The van der Waals surface area contributed by atoms with Gasteiger partial charge in [0.25, 0.3) is 0 Å². The summed E-state index contributed by atoms with van der Waals surface area (Å²) in [4.78, 5) is 37.8. The number of guanidine groups is 1. The van der Waals surface area contributed by atoms with Gasteiger partial charge in [0, 0.05) is 55.3 Å². The Bertz CT molecular complexity index is 1370. The number of Topliss-reactive ketones (excluding diaryl/α,β-unsaturated/α-hetero) is 1. The van der Waals surface area contributed by atoms with Crippen LogP contribution in [0, 0.1) is 5.92 Å². The normalized spacial score (nSPS) is 22.2. The highest BCUT2D eigenvalue weighted by atomic mass is 35.5. The number of halogens is 1. The maximum Gasteiger partial charge on any atom is 0.302 e. The van der Waals surface area contributed by atoms with Gasteiger partial charge in [0.05, 0.1) is 5.92 Å². The van der Waals surface area contributed by atoms with Crippen molar-refractivity contribution in [2.24, 2.45) is 10.9 Å². The van der Waals surface area contributed by atoms with Crippen LogP contribution in [-0.2, 0) is 9.59 Å². The van der Waals surface area contributed by atoms with Crippen LogP contribution in [0.25, 0.3) is 11.1 Å². The molecule has 2 aliphatic heterocycles. The first kappa shape index (κ1) is 22.8. The third-order valence-electron chi connectivity index (χ3n) is 6.81. The molecule has 0 saturated carbocycles. The lowest BCUT2D eigenvalue weighted by Gasteiger charge is -2.36. The van der Waals surface area contributed by atoms with Gasteiger partial charge >= 0.3 is 6.01 Å². The number of piperazine rings is 1. The Morgan fingerprint density at radius 2 is 1.86 bits per heavy atom. The summed E-state index contributed by atoms with van der Waals surface area (Å²) in [5.74, 6) is -0.110. The quantitative estimate of drug-likeness (QED) is 0.502. The summed E-state index contributed by atoms with van der Waals surface area (Å²) >= 11 is 6.54. The molecule has 2 aromatic carbocycles. The van der Waals surface area contributed by atoms with E-state index in [1.807, 2.05) is 47.4 Å². The van der Waals surface area contributed by atoms with E-state index in [4.69, 9.17) is 21.0 Å². The fourth-order valence-electron chi connectivity index (χ4n) is 5.07. The van der Waals surface area contributed by atoms with Crippen LogP contribution >= 0.6 is 11.6 Å². The van der Waals surface area contributed by atoms with Crippen molar-refractivity contribution in [3.8, 4) is 0 Å². The number of para-hydroxylation sites is 2. The standard InChI is InChI=1S/C26H25ClN6O3/c27-17-6-2-1-5-16(17)23-22-19(13-15(14-20(22)34)24(35)33-11-9-28-10-12-33)29-25(31-23)32-26-30-18-7-3-4-8-21(18)36-26/h1-8,15,23,28H,9-14H2,(H2,29,30,31,32). The van der Waals surface area contributed by atoms with Gasteiger partial charge in [0.2, 0.25) is 11.9 Å². The minimum absolute atomic E-state index is 0.0171. The highest BCUT2D eigenvalue weighted by Gasteiger charge is 2.40. The average Bonchev–Trinajstić information content (AvgIpc) is 3.30. The number of nitrogens with zero attached hydrogens (tertiary/aromatic N) is 3. The van der Waals surface area contributed by atoms with Crippen molar-refractivity contribution >= 4 is 46.4 Å². The zero-order valence-electron chi connectivity index (χ0n) is 19.5. The molecular weight excluding hydrogens is 480 g/mol. The van der Waals surface area contributed by atoms with Crippen LogP contribution < -0.4 is 16.0 Å². The van der Waals surface area contributed by atoms with Crippen molar-refractivity contribution in [1.29, 1.82) is 0 Å². The third kappa shape index (κ3) is 4.25. The number of carbonyl (C=O) groups excluding carboxylic acids is 2. The summed E-state index contributed by atoms with van der Waals surface area (Å²) in [5, 5.41) is 10.2. The molecule has 0 spiro atoms. The maximum absolute atomic E-state index is 13.5. The van der Waals surface area contributed by atoms with Gasteiger partial charge < -0.3 is 20.0 Å². The number of hydrogen-bond acceptors (Lipinski definition) is 8. The first-order chi connectivity index (χ1) is 17.6. The molecule has 1 aliphatic carbocycles. The number of nitrogens with one attached hydrogen (secondary N) is 3. The van der Waals surface area contributed by atoms with Crippen molar-refractivity contribution in [1.82, 2.24) is 20.5 Å². The smallest absolute Gasteiger partial charge is 0.302 e. The van der Waals surface area contributed by atoms with Crippen LogP contribution in [0.2, 0.25) is 5.02 Å². The Hall–Kier alpha value is -3.69. The second-order valence-corrected chi connectivity index (χ2v) is 9.54. The molecule has 3 aliphatic rings. The minimum atomic E-state index is -0.607. The highest BCUT2D eigenvalue weighted by Crippen LogP contribution is 2.40. The van der Waals surface area contributed by atoms with Gasteiger partial charge in [-0.1, -0.05) is 41.9 Å². The molecule has 0 bridgehead atoms. The molecule has 1 aromatic heterocycles. The number of hydrogen-bond donors (Lipinski definition) is 3. The first-order valence-corrected chi connectivity index (χ1v) is 12.4. The van der Waals surface area contributed by atoms with Crippen LogP contribution in [0.3, 0.4) is 0 Å². The zero-order valence-corrected chi connectivity index (χ0v) is 20.2. The molecule has 184 valence electrons. The monoisotopic (exact) mass is 504 g/mol. The summed E-state index contributed by atoms with van der Waals surface area (Å²) in [6.45, 7) is 2.82. The van der Waals surface area contributed by atoms with Gasteiger partial charge in [-0.2, -0.15) is 4.98 Å². The summed E-state index contributed by atoms with van der Waals surface area (Å²) in [6.07, 6.45) is 0.576. The van der Waals surface area contributed by atoms with Gasteiger partial charge in [-0.3, -0.25) is 14.9 Å². The van der Waals surface area contributed by atoms with E-state index in [-0.39, 0.29) is 24.1 Å². The Morgan fingerprint density at radius 1 is 1.08 bits per heavy atom. The Balaban J connectivity index is 1.34. The lowest BCUT2D eigenvalue weighted by Crippen LogP contribution is -2.50. The van der Waals surface area contributed by atoms with Gasteiger partial charge in [0.1, 0.15) is 11.6 Å². The number of allylic oxidation sites excluding steroid dienone is 1. The van der Waals surface area contributed by atoms with Crippen LogP contribution in [0.1, 0.15) is 24.4 Å². The molecule has 6 rings (SSSR count). The molecule has 1 saturated heterocycles. The van der Waals surface area contributed by atoms with Gasteiger partial charge in [0.15, 0.2) is 11.4 Å². The van der Waals surface area contributed by atoms with E-state index in [9.17, 15) is 9.59 Å². The number of aromatic nitrogens is 1. The number of ketones is 1. The summed E-state index contributed by atoms with van der Waals surface area (Å²) < 4.78 is 5.81. The predicted molar refractivity (Wildman–Crippen MR) is 137 cm³/mol. The summed E-state index contributed by atoms with van der Waals surface area (Å²) in [5.41, 5.74) is 3.32. The highest BCUT2D eigenvalue weighted by molar-refractivity contribution is 6.31. The second kappa shape index (κ2) is 9.40. The van der Waals surface area contributed by atoms with Crippen LogP contribution in [0.4, 0.5) is 6.01 Å². The molecule has 36 heavy (non-hydrogen) atoms. The molecule has 10 heteroatoms. The number of aliphatic imine (C=N–C) groups is 1. The Kier molecular flexibility index (Phi) is 5.94. The van der Waals surface area contributed by atoms with E-state index in [1.165, 1.54) is 0 Å². The SMILES string of the molecule is O=C1CC(C(=O)N2CCNCC2)CC2=C1C(c1ccccc1Cl)N=C(Nc1nc3ccccc3o1)N2. The lowest BCUT2D eigenvalue weighted by atomic mass is 9.80. The topological polar surface area (TPSA) is 112 Å². The fourth-order valence-corrected chi connectivity index (χ4v) is 5.30. The fraction of sp³-hybridized carbons (Fsp3) is 0.308. The summed E-state index contributed by atoms with van der Waals surface area (Å²) in [6, 6.07) is 14.5. The Morgan fingerprint density at radius 3 is 2.67 bits per heavy atom. The lowest BCUT2D eigenvalue weighted by molar-refractivity contribution is -0.138. The van der Waals surface area contributed by atoms with Crippen molar-refractivity contribution in [2.75, 3.05) is 31.5 Å². The number of amides is 1. The largest absolute Gasteiger partial charge is 0.423 e. The van der Waals surface area contributed by atoms with Gasteiger partial charge in [-0.15, -0.1) is 0 Å². The molecule has 3 aromatic rings. The Labute approximate surface area is 212 Å². The first-order valence-electron chi connectivity index (χ1n) is 12.0. The maximum atomic E-state index is 13.5. The zero-order chi connectivity index (χ0) is 24.6. The van der Waals surface area contributed by atoms with E-state index >= 15 is 0 Å². The van der Waals surface area contributed by atoms with E-state index in [2.05, 4.69) is 20.9 Å². The van der Waals surface area contributed by atoms with Crippen LogP contribution in [0.5, 0.6) is 0 Å². The van der Waals surface area contributed by atoms with E-state index in [1.54, 1.807) is 6.07 Å². The van der Waals surface area contributed by atoms with Crippen LogP contribution in [-0.4, -0.2) is 53.7 Å². The summed E-state index contributed by atoms with van der Waals surface area (Å²) in [7, 11) is 0. The minimum Gasteiger partial charge on any atom is -0.423 e. The number of benzene rings is 2. The van der Waals surface area contributed by atoms with E-state index < -0.39 is 12.0 Å². The van der Waals surface area contributed by atoms with Crippen molar-refractivity contribution in [3.63, 3.8) is 0 Å². The van der Waals surface area contributed by atoms with Crippen LogP contribution in [0.15, 0.2) is 69.2 Å². The molecular formula is C26H25ClN6O3. The molecule has 0 radical (unpaired) electrons. The third-order valence-corrected chi connectivity index (χ3v) is 7.15. The number of carbonyl (C=O) groups is 2. The number of anilines is 1. The molecule has 9 nitrogen and oxygen atoms in total. The number of rotatable bonds is 3. The molecule has 1 fully saturated rings. The molecule has 2 unspecified atom stereocenters. The molecule has 3 heterocycles.